The summed E-state index contributed by atoms with van der Waals surface area (Å²) >= 11 is 0. The number of hydrogen-bond acceptors (Lipinski definition) is 6. The summed E-state index contributed by atoms with van der Waals surface area (Å²) in [5.74, 6) is -0.934. The Morgan fingerprint density at radius 3 is 0.842 bits per heavy atom. The van der Waals surface area contributed by atoms with Gasteiger partial charge in [0.15, 0.2) is 6.10 Å². The van der Waals surface area contributed by atoms with Gasteiger partial charge >= 0.3 is 17.9 Å². The van der Waals surface area contributed by atoms with Gasteiger partial charge in [0, 0.05) is 19.3 Å². The van der Waals surface area contributed by atoms with Crippen molar-refractivity contribution in [1.82, 2.24) is 0 Å². The molecular weight excluding hydrogens is 937 g/mol. The lowest BCUT2D eigenvalue weighted by molar-refractivity contribution is -0.167. The number of ether oxygens (including phenoxy) is 3. The molecule has 0 aromatic rings. The van der Waals surface area contributed by atoms with E-state index in [1.807, 2.05) is 0 Å². The fourth-order valence-corrected chi connectivity index (χ4v) is 8.75. The first kappa shape index (κ1) is 72.1. The lowest BCUT2D eigenvalue weighted by Crippen LogP contribution is -2.30. The largest absolute Gasteiger partial charge is 0.462 e. The number of esters is 3. The summed E-state index contributed by atoms with van der Waals surface area (Å²) in [5.41, 5.74) is 0. The molecule has 0 rings (SSSR count). The van der Waals surface area contributed by atoms with Gasteiger partial charge < -0.3 is 14.2 Å². The van der Waals surface area contributed by atoms with Crippen LogP contribution in [0.5, 0.6) is 0 Å². The Balaban J connectivity index is 4.42. The summed E-state index contributed by atoms with van der Waals surface area (Å²) in [6.07, 6.45) is 86.6. The Labute approximate surface area is 470 Å². The molecule has 0 N–H and O–H groups in total. The highest BCUT2D eigenvalue weighted by Crippen LogP contribution is 2.16. The van der Waals surface area contributed by atoms with Crippen LogP contribution in [0.25, 0.3) is 0 Å². The second-order valence-corrected chi connectivity index (χ2v) is 20.9. The number of rotatable bonds is 57. The first-order chi connectivity index (χ1) is 37.5. The van der Waals surface area contributed by atoms with Crippen LogP contribution in [0.2, 0.25) is 0 Å². The minimum Gasteiger partial charge on any atom is -0.462 e. The van der Waals surface area contributed by atoms with Gasteiger partial charge in [-0.3, -0.25) is 14.4 Å². The third-order valence-corrected chi connectivity index (χ3v) is 13.5. The summed E-state index contributed by atoms with van der Waals surface area (Å²) < 4.78 is 16.9. The SMILES string of the molecule is CC/C=C\C/C=C\C/C=C\C/C=C\C/C=C\C/C=C\C/C=C\C/C=C\CCCCC(=O)OCC(COC(=O)CCCCCCCCCCCCCCC)OC(=O)CCCCCCCCC/C=C\CCCCCCCCC. The van der Waals surface area contributed by atoms with Gasteiger partial charge in [-0.2, -0.15) is 0 Å². The minimum atomic E-state index is -0.799. The van der Waals surface area contributed by atoms with Crippen molar-refractivity contribution in [3.8, 4) is 0 Å². The molecule has 0 aliphatic carbocycles. The summed E-state index contributed by atoms with van der Waals surface area (Å²) in [5, 5.41) is 0. The summed E-state index contributed by atoms with van der Waals surface area (Å²) in [6.45, 7) is 6.50. The maximum atomic E-state index is 12.9. The molecule has 6 heteroatoms. The zero-order valence-electron chi connectivity index (χ0n) is 49.7. The number of carbonyl (C=O) groups excluding carboxylic acids is 3. The fraction of sp³-hybridized carbons (Fsp3) is 0.700. The van der Waals surface area contributed by atoms with Gasteiger partial charge in [0.25, 0.3) is 0 Å². The van der Waals surface area contributed by atoms with E-state index in [4.69, 9.17) is 14.2 Å². The van der Waals surface area contributed by atoms with E-state index in [1.54, 1.807) is 0 Å². The summed E-state index contributed by atoms with van der Waals surface area (Å²) in [7, 11) is 0. The van der Waals surface area contributed by atoms with E-state index in [9.17, 15) is 14.4 Å². The topological polar surface area (TPSA) is 78.9 Å². The van der Waals surface area contributed by atoms with Crippen LogP contribution in [0.1, 0.15) is 297 Å². The number of carbonyl (C=O) groups is 3. The van der Waals surface area contributed by atoms with E-state index in [0.717, 1.165) is 109 Å². The highest BCUT2D eigenvalue weighted by atomic mass is 16.6. The van der Waals surface area contributed by atoms with Crippen LogP contribution in [0, 0.1) is 0 Å². The third-order valence-electron chi connectivity index (χ3n) is 13.5. The minimum absolute atomic E-state index is 0.0920. The molecule has 0 radical (unpaired) electrons. The predicted octanol–water partition coefficient (Wildman–Crippen LogP) is 21.8. The van der Waals surface area contributed by atoms with Gasteiger partial charge in [-0.25, -0.2) is 0 Å². The number of hydrogen-bond donors (Lipinski definition) is 0. The Hall–Kier alpha value is -3.93. The van der Waals surface area contributed by atoms with Crippen molar-refractivity contribution in [3.63, 3.8) is 0 Å². The molecule has 0 fully saturated rings. The first-order valence-electron chi connectivity index (χ1n) is 31.9. The van der Waals surface area contributed by atoms with Crippen LogP contribution >= 0.6 is 0 Å². The predicted molar refractivity (Wildman–Crippen MR) is 330 cm³/mol. The lowest BCUT2D eigenvalue weighted by Gasteiger charge is -2.18. The van der Waals surface area contributed by atoms with E-state index >= 15 is 0 Å². The molecule has 0 bridgehead atoms. The molecule has 0 aliphatic rings. The van der Waals surface area contributed by atoms with Crippen LogP contribution < -0.4 is 0 Å². The molecule has 434 valence electrons. The smallest absolute Gasteiger partial charge is 0.306 e. The molecular formula is C70H118O6. The fourth-order valence-electron chi connectivity index (χ4n) is 8.75. The lowest BCUT2D eigenvalue weighted by atomic mass is 10.0. The molecule has 0 spiro atoms. The van der Waals surface area contributed by atoms with Crippen molar-refractivity contribution < 1.29 is 28.6 Å². The Bertz CT molecular complexity index is 1540. The van der Waals surface area contributed by atoms with Crippen molar-refractivity contribution in [2.45, 2.75) is 303 Å². The molecule has 0 saturated heterocycles. The van der Waals surface area contributed by atoms with Crippen molar-refractivity contribution >= 4 is 17.9 Å². The van der Waals surface area contributed by atoms with Crippen LogP contribution in [-0.4, -0.2) is 37.2 Å². The number of unbranched alkanes of at least 4 members (excludes halogenated alkanes) is 28. The van der Waals surface area contributed by atoms with E-state index in [1.165, 1.54) is 148 Å². The van der Waals surface area contributed by atoms with Gasteiger partial charge in [0.2, 0.25) is 0 Å². The first-order valence-corrected chi connectivity index (χ1v) is 31.9. The highest BCUT2D eigenvalue weighted by molar-refractivity contribution is 5.71. The maximum absolute atomic E-state index is 12.9. The monoisotopic (exact) mass is 1050 g/mol. The molecule has 0 saturated carbocycles. The average Bonchev–Trinajstić information content (AvgIpc) is 3.42. The maximum Gasteiger partial charge on any atom is 0.306 e. The summed E-state index contributed by atoms with van der Waals surface area (Å²) in [6, 6.07) is 0. The Kier molecular flexibility index (Phi) is 60.3. The summed E-state index contributed by atoms with van der Waals surface area (Å²) in [4.78, 5) is 38.3. The van der Waals surface area contributed by atoms with E-state index < -0.39 is 6.10 Å². The highest BCUT2D eigenvalue weighted by Gasteiger charge is 2.19. The molecule has 6 nitrogen and oxygen atoms in total. The molecule has 1 atom stereocenters. The molecule has 0 heterocycles. The van der Waals surface area contributed by atoms with Gasteiger partial charge in [-0.05, 0) is 109 Å². The number of allylic oxidation sites excluding steroid dienone is 18. The van der Waals surface area contributed by atoms with Crippen LogP contribution in [0.15, 0.2) is 109 Å². The zero-order chi connectivity index (χ0) is 55.0. The quantitative estimate of drug-likeness (QED) is 0.0261. The normalized spacial score (nSPS) is 12.8. The standard InChI is InChI=1S/C70H118O6/c1-4-7-10-13-16-19-22-25-27-29-31-32-33-34-35-36-37-38-39-41-42-45-48-51-54-57-60-63-69(72)75-66-67(65-74-68(71)62-59-56-53-50-47-44-24-21-18-15-12-9-6-3)76-70(73)64-61-58-55-52-49-46-43-40-30-28-26-23-20-17-14-11-8-5-2/h7,10,16,19,25,27-28,30-32,34-35,37-38,41-42,48,51,67H,4-6,8-9,11-15,17-18,20-24,26,29,33,36,39-40,43-47,49-50,52-66H2,1-3H3/b10-7-,19-16-,27-25-,30-28-,32-31-,35-34-,38-37-,42-41-,51-48-. The van der Waals surface area contributed by atoms with E-state index in [0.29, 0.717) is 19.3 Å². The van der Waals surface area contributed by atoms with Crippen LogP contribution in [0.4, 0.5) is 0 Å². The Morgan fingerprint density at radius 1 is 0.276 bits per heavy atom. The third kappa shape index (κ3) is 60.9. The molecule has 1 unspecified atom stereocenters. The van der Waals surface area contributed by atoms with Crippen LogP contribution in [-0.2, 0) is 28.6 Å². The molecule has 0 amide bonds. The van der Waals surface area contributed by atoms with Gasteiger partial charge in [-0.1, -0.05) is 278 Å². The zero-order valence-corrected chi connectivity index (χ0v) is 49.7. The Morgan fingerprint density at radius 2 is 0.513 bits per heavy atom. The molecule has 0 aliphatic heterocycles. The van der Waals surface area contributed by atoms with Crippen molar-refractivity contribution in [1.29, 1.82) is 0 Å². The average molecular weight is 1060 g/mol. The van der Waals surface area contributed by atoms with E-state index in [-0.39, 0.29) is 31.1 Å². The molecule has 0 aromatic heterocycles. The van der Waals surface area contributed by atoms with Crippen LogP contribution in [0.3, 0.4) is 0 Å². The van der Waals surface area contributed by atoms with Crippen molar-refractivity contribution in [2.24, 2.45) is 0 Å². The second-order valence-electron chi connectivity index (χ2n) is 20.9. The van der Waals surface area contributed by atoms with Gasteiger partial charge in [-0.15, -0.1) is 0 Å². The van der Waals surface area contributed by atoms with Crippen molar-refractivity contribution in [2.75, 3.05) is 13.2 Å². The van der Waals surface area contributed by atoms with E-state index in [2.05, 4.69) is 130 Å². The van der Waals surface area contributed by atoms with Gasteiger partial charge in [0.05, 0.1) is 0 Å². The second kappa shape index (κ2) is 63.6. The van der Waals surface area contributed by atoms with Gasteiger partial charge in [0.1, 0.15) is 13.2 Å². The molecule has 76 heavy (non-hydrogen) atoms. The molecule has 0 aromatic carbocycles. The van der Waals surface area contributed by atoms with Crippen molar-refractivity contribution in [3.05, 3.63) is 109 Å².